The third kappa shape index (κ3) is 3.26. The summed E-state index contributed by atoms with van der Waals surface area (Å²) in [6.45, 7) is 0.131. The van der Waals surface area contributed by atoms with Gasteiger partial charge in [-0.2, -0.15) is 0 Å². The highest BCUT2D eigenvalue weighted by atomic mass is 16.5. The quantitative estimate of drug-likeness (QED) is 0.353. The van der Waals surface area contributed by atoms with Gasteiger partial charge in [0.1, 0.15) is 6.61 Å². The van der Waals surface area contributed by atoms with Gasteiger partial charge in [0.2, 0.25) is 0 Å². The van der Waals surface area contributed by atoms with E-state index in [4.69, 9.17) is 4.74 Å². The molecule has 31 heavy (non-hydrogen) atoms. The lowest BCUT2D eigenvalue weighted by molar-refractivity contribution is 0.0472. The number of carbonyl (C=O) groups excluding carboxylic acids is 3. The summed E-state index contributed by atoms with van der Waals surface area (Å²) >= 11 is 0. The highest BCUT2D eigenvalue weighted by Crippen LogP contribution is 2.34. The second kappa shape index (κ2) is 7.54. The van der Waals surface area contributed by atoms with Crippen molar-refractivity contribution in [1.29, 1.82) is 0 Å². The van der Waals surface area contributed by atoms with Gasteiger partial charge >= 0.3 is 5.97 Å². The van der Waals surface area contributed by atoms with Crippen LogP contribution in [0.3, 0.4) is 0 Å². The maximum atomic E-state index is 13.2. The number of carbonyl (C=O) groups is 3. The summed E-state index contributed by atoms with van der Waals surface area (Å²) in [7, 11) is 0. The lowest BCUT2D eigenvalue weighted by atomic mass is 10.1. The molecular formula is C26H17NO4. The molecule has 0 atom stereocenters. The fourth-order valence-electron chi connectivity index (χ4n) is 3.80. The largest absolute Gasteiger partial charge is 0.457 e. The first-order valence-electron chi connectivity index (χ1n) is 9.85. The lowest BCUT2D eigenvalue weighted by Gasteiger charge is -2.16. The first kappa shape index (κ1) is 18.8. The Bertz CT molecular complexity index is 1340. The normalized spacial score (nSPS) is 12.8. The Kier molecular flexibility index (Phi) is 4.56. The second-order valence-electron chi connectivity index (χ2n) is 7.27. The minimum absolute atomic E-state index is 0.131. The molecule has 1 aliphatic rings. The van der Waals surface area contributed by atoms with Crippen LogP contribution in [0.2, 0.25) is 0 Å². The lowest BCUT2D eigenvalue weighted by Crippen LogP contribution is -2.29. The van der Waals surface area contributed by atoms with Gasteiger partial charge in [-0.05, 0) is 35.2 Å². The Morgan fingerprint density at radius 1 is 0.742 bits per heavy atom. The first-order valence-corrected chi connectivity index (χ1v) is 9.85. The maximum absolute atomic E-state index is 13.2. The highest BCUT2D eigenvalue weighted by molar-refractivity contribution is 6.36. The van der Waals surface area contributed by atoms with Crippen molar-refractivity contribution in [1.82, 2.24) is 0 Å². The summed E-state index contributed by atoms with van der Waals surface area (Å²) in [6, 6.07) is 26.9. The molecule has 0 aromatic heterocycles. The molecule has 5 rings (SSSR count). The van der Waals surface area contributed by atoms with Crippen molar-refractivity contribution in [2.75, 3.05) is 4.90 Å². The third-order valence-corrected chi connectivity index (χ3v) is 5.34. The molecule has 0 unspecified atom stereocenters. The predicted molar refractivity (Wildman–Crippen MR) is 117 cm³/mol. The van der Waals surface area contributed by atoms with E-state index in [-0.39, 0.29) is 23.3 Å². The van der Waals surface area contributed by atoms with E-state index < -0.39 is 17.8 Å². The Morgan fingerprint density at radius 3 is 2.29 bits per heavy atom. The van der Waals surface area contributed by atoms with Crippen LogP contribution in [0.25, 0.3) is 10.8 Å². The molecule has 0 spiro atoms. The van der Waals surface area contributed by atoms with Gasteiger partial charge in [0.15, 0.2) is 0 Å². The number of anilines is 1. The average Bonchev–Trinajstić information content (AvgIpc) is 3.07. The second-order valence-corrected chi connectivity index (χ2v) is 7.27. The topological polar surface area (TPSA) is 63.7 Å². The molecule has 150 valence electrons. The van der Waals surface area contributed by atoms with E-state index >= 15 is 0 Å². The monoisotopic (exact) mass is 407 g/mol. The average molecular weight is 407 g/mol. The van der Waals surface area contributed by atoms with Crippen molar-refractivity contribution < 1.29 is 19.1 Å². The zero-order valence-corrected chi connectivity index (χ0v) is 16.4. The van der Waals surface area contributed by atoms with Crippen molar-refractivity contribution in [2.24, 2.45) is 0 Å². The van der Waals surface area contributed by atoms with Crippen LogP contribution in [0.5, 0.6) is 0 Å². The van der Waals surface area contributed by atoms with Crippen LogP contribution in [0.15, 0.2) is 91.0 Å². The minimum atomic E-state index is -0.546. The number of fused-ring (bicyclic) bond motifs is 2. The van der Waals surface area contributed by atoms with Crippen LogP contribution in [-0.2, 0) is 11.3 Å². The molecule has 0 N–H and O–H groups in total. The molecule has 0 saturated heterocycles. The molecule has 5 nitrogen and oxygen atoms in total. The van der Waals surface area contributed by atoms with E-state index in [1.807, 2.05) is 66.7 Å². The summed E-state index contributed by atoms with van der Waals surface area (Å²) in [5, 5.41) is 1.74. The van der Waals surface area contributed by atoms with Crippen LogP contribution >= 0.6 is 0 Å². The van der Waals surface area contributed by atoms with E-state index in [1.165, 1.54) is 23.1 Å². The van der Waals surface area contributed by atoms with E-state index in [2.05, 4.69) is 0 Å². The van der Waals surface area contributed by atoms with Crippen molar-refractivity contribution in [2.45, 2.75) is 6.61 Å². The van der Waals surface area contributed by atoms with Crippen molar-refractivity contribution in [3.63, 3.8) is 0 Å². The molecule has 1 heterocycles. The third-order valence-electron chi connectivity index (χ3n) is 5.34. The summed E-state index contributed by atoms with van der Waals surface area (Å²) < 4.78 is 5.36. The molecule has 4 aromatic rings. The zero-order chi connectivity index (χ0) is 21.4. The number of esters is 1. The Hall–Kier alpha value is -4.25. The molecule has 5 heteroatoms. The molecule has 0 radical (unpaired) electrons. The molecular weight excluding hydrogens is 390 g/mol. The summed E-state index contributed by atoms with van der Waals surface area (Å²) in [6.07, 6.45) is 0. The van der Waals surface area contributed by atoms with Gasteiger partial charge in [-0.3, -0.25) is 9.59 Å². The van der Waals surface area contributed by atoms with Gasteiger partial charge in [-0.25, -0.2) is 9.69 Å². The molecule has 0 aliphatic carbocycles. The first-order chi connectivity index (χ1) is 15.1. The zero-order valence-electron chi connectivity index (χ0n) is 16.4. The molecule has 0 bridgehead atoms. The number of imide groups is 1. The van der Waals surface area contributed by atoms with Crippen molar-refractivity contribution >= 4 is 34.2 Å². The van der Waals surface area contributed by atoms with E-state index in [1.54, 1.807) is 6.07 Å². The predicted octanol–water partition coefficient (Wildman–Crippen LogP) is 5.00. The molecule has 0 fully saturated rings. The Labute approximate surface area is 178 Å². The van der Waals surface area contributed by atoms with Crippen LogP contribution < -0.4 is 4.90 Å². The number of benzene rings is 4. The number of hydrogen-bond donors (Lipinski definition) is 0. The van der Waals surface area contributed by atoms with Gasteiger partial charge in [-0.1, -0.05) is 66.7 Å². The molecule has 0 saturated carbocycles. The van der Waals surface area contributed by atoms with Crippen molar-refractivity contribution in [3.05, 3.63) is 113 Å². The maximum Gasteiger partial charge on any atom is 0.338 e. The van der Waals surface area contributed by atoms with E-state index in [0.29, 0.717) is 5.69 Å². The number of rotatable bonds is 4. The van der Waals surface area contributed by atoms with Gasteiger partial charge in [0.25, 0.3) is 11.8 Å². The van der Waals surface area contributed by atoms with Crippen LogP contribution in [0.4, 0.5) is 5.69 Å². The van der Waals surface area contributed by atoms with Gasteiger partial charge in [0.05, 0.1) is 22.4 Å². The Balaban J connectivity index is 1.45. The molecule has 4 aromatic carbocycles. The number of hydrogen-bond acceptors (Lipinski definition) is 4. The fourth-order valence-corrected chi connectivity index (χ4v) is 3.80. The standard InChI is InChI=1S/C26H17NO4/c28-24-21-14-13-19(26(30)31-16-17-7-2-1-3-8-17)15-22(21)25(29)27(24)23-12-6-10-18-9-4-5-11-20(18)23/h1-15H,16H2. The summed E-state index contributed by atoms with van der Waals surface area (Å²) in [5.74, 6) is -1.40. The van der Waals surface area contributed by atoms with Crippen molar-refractivity contribution in [3.8, 4) is 0 Å². The molecule has 2 amide bonds. The smallest absolute Gasteiger partial charge is 0.338 e. The van der Waals surface area contributed by atoms with Gasteiger partial charge in [-0.15, -0.1) is 0 Å². The number of nitrogens with zero attached hydrogens (tertiary/aromatic N) is 1. The van der Waals surface area contributed by atoms with Crippen LogP contribution in [0, 0.1) is 0 Å². The SMILES string of the molecule is O=C(OCc1ccccc1)c1ccc2c(c1)C(=O)N(c1cccc3ccccc13)C2=O. The number of ether oxygens (including phenoxy) is 1. The summed E-state index contributed by atoms with van der Waals surface area (Å²) in [4.78, 5) is 39.9. The van der Waals surface area contributed by atoms with Crippen LogP contribution in [0.1, 0.15) is 36.6 Å². The fraction of sp³-hybridized carbons (Fsp3) is 0.0385. The van der Waals surface area contributed by atoms with E-state index in [9.17, 15) is 14.4 Å². The minimum Gasteiger partial charge on any atom is -0.457 e. The highest BCUT2D eigenvalue weighted by Gasteiger charge is 2.37. The number of amides is 2. The van der Waals surface area contributed by atoms with Gasteiger partial charge in [0, 0.05) is 5.39 Å². The molecule has 1 aliphatic heterocycles. The van der Waals surface area contributed by atoms with Gasteiger partial charge < -0.3 is 4.74 Å². The summed E-state index contributed by atoms with van der Waals surface area (Å²) in [5.41, 5.74) is 2.10. The van der Waals surface area contributed by atoms with Crippen LogP contribution in [-0.4, -0.2) is 17.8 Å². The van der Waals surface area contributed by atoms with E-state index in [0.717, 1.165) is 16.3 Å². The Morgan fingerprint density at radius 2 is 1.45 bits per heavy atom.